The number of fused-ring (bicyclic) bond motifs is 1. The number of hydrogen-bond donors (Lipinski definition) is 1. The summed E-state index contributed by atoms with van der Waals surface area (Å²) in [6.07, 6.45) is 0.754. The van der Waals surface area contributed by atoms with Crippen LogP contribution in [0.1, 0.15) is 38.3 Å². The lowest BCUT2D eigenvalue weighted by atomic mass is 9.84. The lowest BCUT2D eigenvalue weighted by molar-refractivity contribution is -0.140. The number of esters is 1. The molecule has 142 valence electrons. The van der Waals surface area contributed by atoms with Gasteiger partial charge in [-0.05, 0) is 41.7 Å². The Hall–Kier alpha value is -2.60. The Balaban J connectivity index is 2.12. The average Bonchev–Trinajstić information content (AvgIpc) is 3.02. The summed E-state index contributed by atoms with van der Waals surface area (Å²) >= 11 is 6.03. The largest absolute Gasteiger partial charge is 0.505 e. The summed E-state index contributed by atoms with van der Waals surface area (Å²) in [7, 11) is 1.37. The number of aryl methyl sites for hydroxylation is 1. The fourth-order valence-corrected chi connectivity index (χ4v) is 3.06. The van der Waals surface area contributed by atoms with Gasteiger partial charge in [0.25, 0.3) is 0 Å². The zero-order valence-corrected chi connectivity index (χ0v) is 16.5. The Morgan fingerprint density at radius 2 is 1.89 bits per heavy atom. The van der Waals surface area contributed by atoms with Crippen LogP contribution in [0.4, 0.5) is 0 Å². The summed E-state index contributed by atoms with van der Waals surface area (Å²) < 4.78 is 4.73. The quantitative estimate of drug-likeness (QED) is 0.679. The highest BCUT2D eigenvalue weighted by Gasteiger charge is 2.23. The molecule has 0 radical (unpaired) electrons. The second-order valence-electron chi connectivity index (χ2n) is 7.46. The first-order valence-corrected chi connectivity index (χ1v) is 9.03. The van der Waals surface area contributed by atoms with E-state index >= 15 is 0 Å². The molecule has 0 spiro atoms. The smallest absolute Gasteiger partial charge is 0.305 e. The predicted molar refractivity (Wildman–Crippen MR) is 105 cm³/mol. The number of rotatable bonds is 4. The molecule has 0 fully saturated rings. The van der Waals surface area contributed by atoms with Crippen LogP contribution < -0.4 is 0 Å². The summed E-state index contributed by atoms with van der Waals surface area (Å²) in [6, 6.07) is 8.97. The maximum Gasteiger partial charge on any atom is 0.305 e. The minimum Gasteiger partial charge on any atom is -0.505 e. The van der Waals surface area contributed by atoms with Gasteiger partial charge in [-0.1, -0.05) is 38.4 Å². The van der Waals surface area contributed by atoms with Crippen LogP contribution in [0.5, 0.6) is 5.75 Å². The van der Waals surface area contributed by atoms with Crippen molar-refractivity contribution in [3.63, 3.8) is 0 Å². The van der Waals surface area contributed by atoms with Crippen LogP contribution in [0, 0.1) is 0 Å². The lowest BCUT2D eigenvalue weighted by Crippen LogP contribution is -2.14. The van der Waals surface area contributed by atoms with Crippen molar-refractivity contribution in [3.05, 3.63) is 46.5 Å². The number of carbonyl (C=O) groups excluding carboxylic acids is 1. The van der Waals surface area contributed by atoms with Gasteiger partial charge in [-0.15, -0.1) is 15.0 Å². The Bertz CT molecular complexity index is 1010. The molecule has 0 saturated heterocycles. The summed E-state index contributed by atoms with van der Waals surface area (Å²) in [5.41, 5.74) is 3.15. The molecule has 0 aliphatic rings. The maximum absolute atomic E-state index is 11.5. The number of nitrogens with zero attached hydrogens (tertiary/aromatic N) is 3. The van der Waals surface area contributed by atoms with Crippen LogP contribution in [0.3, 0.4) is 0 Å². The van der Waals surface area contributed by atoms with Crippen molar-refractivity contribution in [1.29, 1.82) is 0 Å². The van der Waals surface area contributed by atoms with Gasteiger partial charge in [-0.25, -0.2) is 0 Å². The number of aromatic hydroxyl groups is 1. The third-order valence-corrected chi connectivity index (χ3v) is 4.60. The molecule has 1 N–H and O–H groups in total. The number of carbonyl (C=O) groups is 1. The lowest BCUT2D eigenvalue weighted by Gasteiger charge is -2.23. The monoisotopic (exact) mass is 387 g/mol. The molecular formula is C20H22ClN3O3. The van der Waals surface area contributed by atoms with Crippen molar-refractivity contribution in [3.8, 4) is 11.4 Å². The van der Waals surface area contributed by atoms with Crippen molar-refractivity contribution < 1.29 is 14.6 Å². The number of hydrogen-bond acceptors (Lipinski definition) is 5. The minimum absolute atomic E-state index is 0.121. The molecule has 0 bridgehead atoms. The summed E-state index contributed by atoms with van der Waals surface area (Å²) in [4.78, 5) is 12.9. The first-order valence-electron chi connectivity index (χ1n) is 8.65. The van der Waals surface area contributed by atoms with E-state index in [1.165, 1.54) is 11.9 Å². The third kappa shape index (κ3) is 4.06. The first kappa shape index (κ1) is 19.2. The minimum atomic E-state index is -0.296. The standard InChI is InChI=1S/C20H22ClN3O3/c1-20(2,3)14-9-12(5-8-18(25)27-4)10-17(19(14)26)24-22-15-7-6-13(21)11-16(15)23-24/h6-7,9-11,26H,5,8H2,1-4H3. The Morgan fingerprint density at radius 3 is 2.56 bits per heavy atom. The van der Waals surface area contributed by atoms with Gasteiger partial charge in [-0.2, -0.15) is 0 Å². The van der Waals surface area contributed by atoms with Gasteiger partial charge in [0.05, 0.1) is 7.11 Å². The number of methoxy groups -OCH3 is 1. The van der Waals surface area contributed by atoms with Crippen LogP contribution in [-0.2, 0) is 21.4 Å². The second-order valence-corrected chi connectivity index (χ2v) is 7.90. The Labute approximate surface area is 162 Å². The highest BCUT2D eigenvalue weighted by molar-refractivity contribution is 6.31. The van der Waals surface area contributed by atoms with Crippen LogP contribution >= 0.6 is 11.6 Å². The molecule has 2 aromatic carbocycles. The molecule has 7 heteroatoms. The summed E-state index contributed by atoms with van der Waals surface area (Å²) in [6.45, 7) is 6.05. The van der Waals surface area contributed by atoms with E-state index in [4.69, 9.17) is 16.3 Å². The first-order chi connectivity index (χ1) is 12.7. The Morgan fingerprint density at radius 1 is 1.19 bits per heavy atom. The van der Waals surface area contributed by atoms with Gasteiger partial charge in [0.15, 0.2) is 0 Å². The SMILES string of the molecule is COC(=O)CCc1cc(-n2nc3ccc(Cl)cc3n2)c(O)c(C(C)(C)C)c1. The molecule has 0 atom stereocenters. The van der Waals surface area contributed by atoms with Gasteiger partial charge >= 0.3 is 5.97 Å². The molecular weight excluding hydrogens is 366 g/mol. The van der Waals surface area contributed by atoms with Gasteiger partial charge in [0.2, 0.25) is 0 Å². The average molecular weight is 388 g/mol. The van der Waals surface area contributed by atoms with Crippen LogP contribution in [-0.4, -0.2) is 33.2 Å². The van der Waals surface area contributed by atoms with Crippen molar-refractivity contribution in [2.45, 2.75) is 39.0 Å². The predicted octanol–water partition coefficient (Wildman–Crippen LogP) is 4.18. The van der Waals surface area contributed by atoms with E-state index in [1.807, 2.05) is 26.8 Å². The topological polar surface area (TPSA) is 77.2 Å². The van der Waals surface area contributed by atoms with E-state index in [0.29, 0.717) is 28.2 Å². The van der Waals surface area contributed by atoms with E-state index in [0.717, 1.165) is 11.1 Å². The molecule has 3 aromatic rings. The van der Waals surface area contributed by atoms with Crippen molar-refractivity contribution in [1.82, 2.24) is 15.0 Å². The fourth-order valence-electron chi connectivity index (χ4n) is 2.89. The number of ether oxygens (including phenoxy) is 1. The van der Waals surface area contributed by atoms with Gasteiger partial charge in [0.1, 0.15) is 22.5 Å². The number of benzene rings is 2. The van der Waals surface area contributed by atoms with Gasteiger partial charge in [-0.3, -0.25) is 4.79 Å². The molecule has 0 aliphatic carbocycles. The second kappa shape index (κ2) is 7.19. The van der Waals surface area contributed by atoms with Crippen LogP contribution in [0.25, 0.3) is 16.7 Å². The zero-order chi connectivity index (χ0) is 19.8. The van der Waals surface area contributed by atoms with E-state index in [1.54, 1.807) is 24.3 Å². The molecule has 6 nitrogen and oxygen atoms in total. The number of aromatic nitrogens is 3. The van der Waals surface area contributed by atoms with E-state index in [9.17, 15) is 9.90 Å². The van der Waals surface area contributed by atoms with Crippen LogP contribution in [0.15, 0.2) is 30.3 Å². The van der Waals surface area contributed by atoms with Crippen molar-refractivity contribution >= 4 is 28.6 Å². The van der Waals surface area contributed by atoms with Crippen molar-refractivity contribution in [2.75, 3.05) is 7.11 Å². The van der Waals surface area contributed by atoms with Gasteiger partial charge < -0.3 is 9.84 Å². The number of phenolic OH excluding ortho intramolecular Hbond substituents is 1. The maximum atomic E-state index is 11.5. The third-order valence-electron chi connectivity index (χ3n) is 4.36. The normalized spacial score (nSPS) is 11.7. The van der Waals surface area contributed by atoms with E-state index < -0.39 is 0 Å². The Kier molecular flexibility index (Phi) is 5.11. The van der Waals surface area contributed by atoms with Crippen LogP contribution in [0.2, 0.25) is 5.02 Å². The molecule has 1 heterocycles. The fraction of sp³-hybridized carbons (Fsp3) is 0.350. The van der Waals surface area contributed by atoms with E-state index in [-0.39, 0.29) is 23.6 Å². The summed E-state index contributed by atoms with van der Waals surface area (Å²) in [5.74, 6) is -0.157. The van der Waals surface area contributed by atoms with Crippen molar-refractivity contribution in [2.24, 2.45) is 0 Å². The van der Waals surface area contributed by atoms with E-state index in [2.05, 4.69) is 10.2 Å². The number of phenols is 1. The molecule has 1 aromatic heterocycles. The highest BCUT2D eigenvalue weighted by atomic mass is 35.5. The highest BCUT2D eigenvalue weighted by Crippen LogP contribution is 2.36. The molecule has 27 heavy (non-hydrogen) atoms. The van der Waals surface area contributed by atoms with Gasteiger partial charge in [0, 0.05) is 17.0 Å². The zero-order valence-electron chi connectivity index (χ0n) is 15.8. The molecule has 0 aliphatic heterocycles. The summed E-state index contributed by atoms with van der Waals surface area (Å²) in [5, 5.41) is 20.4. The molecule has 0 amide bonds. The molecule has 3 rings (SSSR count). The molecule has 0 saturated carbocycles. The number of halogens is 1. The molecule has 0 unspecified atom stereocenters.